The monoisotopic (exact) mass is 805 g/mol. The Hall–Kier alpha value is -8.61. The lowest BCUT2D eigenvalue weighted by Gasteiger charge is -2.10. The number of benzene rings is 9. The minimum Gasteiger partial charge on any atom is -0.455 e. The van der Waals surface area contributed by atoms with Crippen LogP contribution in [-0.4, -0.2) is 24.1 Å². The van der Waals surface area contributed by atoms with Crippen LogP contribution in [0.2, 0.25) is 0 Å². The van der Waals surface area contributed by atoms with E-state index in [0.717, 1.165) is 72.2 Å². The van der Waals surface area contributed by atoms with Crippen LogP contribution in [0.3, 0.4) is 0 Å². The summed E-state index contributed by atoms with van der Waals surface area (Å²) in [4.78, 5) is 15.1. The second-order valence-corrected chi connectivity index (χ2v) is 16.0. The van der Waals surface area contributed by atoms with Gasteiger partial charge in [-0.15, -0.1) is 0 Å². The molecule has 6 nitrogen and oxygen atoms in total. The van der Waals surface area contributed by atoms with Crippen LogP contribution in [0, 0.1) is 0 Å². The molecule has 9 aromatic carbocycles. The molecule has 0 radical (unpaired) electrons. The van der Waals surface area contributed by atoms with Gasteiger partial charge in [-0.3, -0.25) is 0 Å². The molecule has 0 aliphatic rings. The first kappa shape index (κ1) is 35.2. The van der Waals surface area contributed by atoms with Crippen LogP contribution in [0.15, 0.2) is 217 Å². The second-order valence-electron chi connectivity index (χ2n) is 16.0. The molecule has 13 rings (SSSR count). The fourth-order valence-corrected chi connectivity index (χ4v) is 9.56. The molecule has 0 saturated carbocycles. The van der Waals surface area contributed by atoms with Gasteiger partial charge in [-0.05, 0) is 66.2 Å². The summed E-state index contributed by atoms with van der Waals surface area (Å²) in [5.74, 6) is 1.84. The lowest BCUT2D eigenvalue weighted by molar-refractivity contribution is 0.670. The molecule has 0 atom stereocenters. The number of hydrogen-bond acceptors (Lipinski definition) is 4. The van der Waals surface area contributed by atoms with Gasteiger partial charge in [-0.1, -0.05) is 152 Å². The Kier molecular flexibility index (Phi) is 7.80. The van der Waals surface area contributed by atoms with Crippen molar-refractivity contribution in [2.45, 2.75) is 0 Å². The number of furan rings is 1. The summed E-state index contributed by atoms with van der Waals surface area (Å²) in [5.41, 5.74) is 13.4. The van der Waals surface area contributed by atoms with Gasteiger partial charge in [0.1, 0.15) is 11.2 Å². The third-order valence-corrected chi connectivity index (χ3v) is 12.4. The lowest BCUT2D eigenvalue weighted by Crippen LogP contribution is -2.00. The molecule has 0 spiro atoms. The standard InChI is InChI=1S/C57H35N5O/c1-4-16-36(17-5-1)55-58-56(37-18-6-2-7-19-37)60-57(59-55)45-26-15-29-52-53(45)44-25-14-24-41(54(44)63-52)38-30-32-50-46(34-38)42-22-10-13-28-49(42)62(50)40-31-33-51-47(35-40)43-23-11-12-27-48(43)61(51)39-20-8-3-9-21-39/h1-35H. The molecule has 0 aliphatic heterocycles. The maximum Gasteiger partial charge on any atom is 0.164 e. The molecule has 0 bridgehead atoms. The van der Waals surface area contributed by atoms with Gasteiger partial charge in [0, 0.05) is 65.9 Å². The SMILES string of the molecule is c1ccc(-c2nc(-c3ccccc3)nc(-c3cccc4oc5c(-c6ccc7c(c6)c6ccccc6n7-c6ccc7c(c6)c6ccccc6n7-c6ccccc6)cccc5c34)n2)cc1. The number of aromatic nitrogens is 5. The minimum atomic E-state index is 0.596. The van der Waals surface area contributed by atoms with Crippen molar-refractivity contribution in [2.24, 2.45) is 0 Å². The Labute approximate surface area is 361 Å². The predicted octanol–water partition coefficient (Wildman–Crippen LogP) is 14.6. The van der Waals surface area contributed by atoms with Gasteiger partial charge >= 0.3 is 0 Å². The summed E-state index contributed by atoms with van der Waals surface area (Å²) in [6, 6.07) is 74.4. The van der Waals surface area contributed by atoms with E-state index in [0.29, 0.717) is 17.5 Å². The van der Waals surface area contributed by atoms with Crippen molar-refractivity contribution >= 4 is 65.6 Å². The molecule has 0 aliphatic carbocycles. The average Bonchev–Trinajstić information content (AvgIpc) is 4.02. The van der Waals surface area contributed by atoms with Gasteiger partial charge in [0.05, 0.1) is 22.1 Å². The van der Waals surface area contributed by atoms with Crippen LogP contribution in [-0.2, 0) is 0 Å². The van der Waals surface area contributed by atoms with E-state index in [9.17, 15) is 0 Å². The lowest BCUT2D eigenvalue weighted by atomic mass is 9.99. The van der Waals surface area contributed by atoms with Crippen molar-refractivity contribution in [1.82, 2.24) is 24.1 Å². The molecule has 294 valence electrons. The van der Waals surface area contributed by atoms with Crippen molar-refractivity contribution in [3.63, 3.8) is 0 Å². The summed E-state index contributed by atoms with van der Waals surface area (Å²) >= 11 is 0. The van der Waals surface area contributed by atoms with Crippen LogP contribution in [0.1, 0.15) is 0 Å². The fourth-order valence-electron chi connectivity index (χ4n) is 9.56. The van der Waals surface area contributed by atoms with Crippen molar-refractivity contribution in [3.8, 4) is 56.7 Å². The van der Waals surface area contributed by atoms with E-state index in [2.05, 4.69) is 149 Å². The molecule has 0 amide bonds. The highest BCUT2D eigenvalue weighted by Gasteiger charge is 2.21. The number of para-hydroxylation sites is 4. The zero-order valence-electron chi connectivity index (χ0n) is 33.9. The second kappa shape index (κ2) is 14.0. The van der Waals surface area contributed by atoms with Gasteiger partial charge in [-0.25, -0.2) is 15.0 Å². The fraction of sp³-hybridized carbons (Fsp3) is 0. The van der Waals surface area contributed by atoms with Gasteiger partial charge < -0.3 is 13.6 Å². The number of rotatable bonds is 6. The summed E-state index contributed by atoms with van der Waals surface area (Å²) in [6.07, 6.45) is 0. The Morgan fingerprint density at radius 1 is 0.317 bits per heavy atom. The summed E-state index contributed by atoms with van der Waals surface area (Å²) in [7, 11) is 0. The zero-order chi connectivity index (χ0) is 41.4. The van der Waals surface area contributed by atoms with E-state index in [1.54, 1.807) is 0 Å². The predicted molar refractivity (Wildman–Crippen MR) is 258 cm³/mol. The van der Waals surface area contributed by atoms with Crippen molar-refractivity contribution in [2.75, 3.05) is 0 Å². The highest BCUT2D eigenvalue weighted by atomic mass is 16.3. The van der Waals surface area contributed by atoms with Gasteiger partial charge in [-0.2, -0.15) is 0 Å². The third-order valence-electron chi connectivity index (χ3n) is 12.4. The molecule has 0 unspecified atom stereocenters. The molecule has 4 heterocycles. The number of nitrogens with zero attached hydrogens (tertiary/aromatic N) is 5. The Balaban J connectivity index is 0.972. The molecule has 4 aromatic heterocycles. The quantitative estimate of drug-likeness (QED) is 0.168. The minimum absolute atomic E-state index is 0.596. The topological polar surface area (TPSA) is 61.7 Å². The molecule has 13 aromatic rings. The van der Waals surface area contributed by atoms with E-state index in [4.69, 9.17) is 19.4 Å². The van der Waals surface area contributed by atoms with Crippen LogP contribution >= 0.6 is 0 Å². The van der Waals surface area contributed by atoms with Crippen LogP contribution in [0.4, 0.5) is 0 Å². The number of hydrogen-bond donors (Lipinski definition) is 0. The molecule has 63 heavy (non-hydrogen) atoms. The van der Waals surface area contributed by atoms with Crippen molar-refractivity contribution in [1.29, 1.82) is 0 Å². The highest BCUT2D eigenvalue weighted by molar-refractivity contribution is 6.17. The van der Waals surface area contributed by atoms with Crippen molar-refractivity contribution in [3.05, 3.63) is 212 Å². The Morgan fingerprint density at radius 3 is 1.51 bits per heavy atom. The van der Waals surface area contributed by atoms with E-state index in [-0.39, 0.29) is 0 Å². The average molecular weight is 806 g/mol. The number of fused-ring (bicyclic) bond motifs is 9. The van der Waals surface area contributed by atoms with Crippen LogP contribution < -0.4 is 0 Å². The molecular formula is C57H35N5O. The maximum absolute atomic E-state index is 6.84. The van der Waals surface area contributed by atoms with Gasteiger partial charge in [0.15, 0.2) is 17.5 Å². The van der Waals surface area contributed by atoms with E-state index in [1.165, 1.54) is 32.6 Å². The highest BCUT2D eigenvalue weighted by Crippen LogP contribution is 2.43. The first-order valence-electron chi connectivity index (χ1n) is 21.2. The first-order valence-corrected chi connectivity index (χ1v) is 21.2. The summed E-state index contributed by atoms with van der Waals surface area (Å²) in [5, 5.41) is 6.79. The van der Waals surface area contributed by atoms with E-state index in [1.807, 2.05) is 72.8 Å². The summed E-state index contributed by atoms with van der Waals surface area (Å²) in [6.45, 7) is 0. The summed E-state index contributed by atoms with van der Waals surface area (Å²) < 4.78 is 11.6. The van der Waals surface area contributed by atoms with Crippen LogP contribution in [0.5, 0.6) is 0 Å². The molecule has 0 fully saturated rings. The smallest absolute Gasteiger partial charge is 0.164 e. The molecule has 0 N–H and O–H groups in total. The van der Waals surface area contributed by atoms with E-state index >= 15 is 0 Å². The third kappa shape index (κ3) is 5.55. The molecular weight excluding hydrogens is 771 g/mol. The van der Waals surface area contributed by atoms with E-state index < -0.39 is 0 Å². The maximum atomic E-state index is 6.84. The molecule has 0 saturated heterocycles. The Morgan fingerprint density at radius 2 is 0.825 bits per heavy atom. The van der Waals surface area contributed by atoms with Gasteiger partial charge in [0.2, 0.25) is 0 Å². The van der Waals surface area contributed by atoms with Crippen molar-refractivity contribution < 1.29 is 4.42 Å². The Bertz CT molecular complexity index is 3850. The molecule has 6 heteroatoms. The zero-order valence-corrected chi connectivity index (χ0v) is 33.9. The first-order chi connectivity index (χ1) is 31.2. The normalized spacial score (nSPS) is 11.8. The van der Waals surface area contributed by atoms with Gasteiger partial charge in [0.25, 0.3) is 0 Å². The largest absolute Gasteiger partial charge is 0.455 e. The van der Waals surface area contributed by atoms with Crippen LogP contribution in [0.25, 0.3) is 122 Å².